The monoisotopic (exact) mass is 306 g/mol. The quantitative estimate of drug-likeness (QED) is 0.847. The van der Waals surface area contributed by atoms with Crippen molar-refractivity contribution in [2.45, 2.75) is 32.3 Å². The SMILES string of the molecule is COCC1(C(=O)N2CCCOC(C)C2)CCNCC1.Cl. The van der Waals surface area contributed by atoms with Gasteiger partial charge in [0.15, 0.2) is 0 Å². The predicted octanol–water partition coefficient (Wildman–Crippen LogP) is 1.06. The molecule has 5 nitrogen and oxygen atoms in total. The summed E-state index contributed by atoms with van der Waals surface area (Å²) in [6.07, 6.45) is 2.79. The third-order valence-corrected chi connectivity index (χ3v) is 4.17. The highest BCUT2D eigenvalue weighted by Gasteiger charge is 2.42. The van der Waals surface area contributed by atoms with E-state index in [2.05, 4.69) is 5.32 Å². The molecule has 0 aliphatic carbocycles. The fraction of sp³-hybridized carbons (Fsp3) is 0.929. The summed E-state index contributed by atoms with van der Waals surface area (Å²) in [5, 5.41) is 3.33. The Kier molecular flexibility index (Phi) is 7.23. The van der Waals surface area contributed by atoms with Crippen molar-refractivity contribution in [3.63, 3.8) is 0 Å². The molecule has 0 radical (unpaired) electrons. The van der Waals surface area contributed by atoms with Crippen molar-refractivity contribution < 1.29 is 14.3 Å². The lowest BCUT2D eigenvalue weighted by atomic mass is 9.78. The van der Waals surface area contributed by atoms with E-state index in [1.54, 1.807) is 7.11 Å². The van der Waals surface area contributed by atoms with Gasteiger partial charge >= 0.3 is 0 Å². The van der Waals surface area contributed by atoms with E-state index in [0.717, 1.165) is 45.5 Å². The molecule has 2 heterocycles. The largest absolute Gasteiger partial charge is 0.384 e. The zero-order valence-electron chi connectivity index (χ0n) is 12.5. The van der Waals surface area contributed by atoms with E-state index in [1.165, 1.54) is 0 Å². The molecule has 1 unspecified atom stereocenters. The number of piperidine rings is 1. The molecule has 20 heavy (non-hydrogen) atoms. The van der Waals surface area contributed by atoms with Crippen molar-refractivity contribution in [2.75, 3.05) is 46.5 Å². The van der Waals surface area contributed by atoms with Gasteiger partial charge in [0, 0.05) is 26.8 Å². The molecule has 2 aliphatic heterocycles. The molecule has 0 bridgehead atoms. The fourth-order valence-corrected chi connectivity index (χ4v) is 3.12. The Balaban J connectivity index is 0.00000200. The number of amides is 1. The maximum Gasteiger partial charge on any atom is 0.231 e. The molecule has 0 spiro atoms. The van der Waals surface area contributed by atoms with Crippen LogP contribution in [-0.4, -0.2) is 63.4 Å². The van der Waals surface area contributed by atoms with Crippen LogP contribution in [0.3, 0.4) is 0 Å². The van der Waals surface area contributed by atoms with Crippen LogP contribution >= 0.6 is 12.4 Å². The first kappa shape index (κ1) is 17.7. The van der Waals surface area contributed by atoms with Crippen molar-refractivity contribution in [2.24, 2.45) is 5.41 Å². The van der Waals surface area contributed by atoms with E-state index in [9.17, 15) is 4.79 Å². The minimum absolute atomic E-state index is 0. The summed E-state index contributed by atoms with van der Waals surface area (Å²) in [6.45, 7) is 6.63. The minimum atomic E-state index is -0.329. The maximum atomic E-state index is 12.9. The summed E-state index contributed by atoms with van der Waals surface area (Å²) in [5.74, 6) is 0.258. The number of hydrogen-bond donors (Lipinski definition) is 1. The average molecular weight is 307 g/mol. The molecule has 2 aliphatic rings. The first-order valence-corrected chi connectivity index (χ1v) is 7.28. The van der Waals surface area contributed by atoms with Gasteiger partial charge in [-0.15, -0.1) is 12.4 Å². The van der Waals surface area contributed by atoms with Crippen molar-refractivity contribution in [1.29, 1.82) is 0 Å². The van der Waals surface area contributed by atoms with Crippen molar-refractivity contribution >= 4 is 18.3 Å². The molecule has 0 aromatic rings. The van der Waals surface area contributed by atoms with E-state index >= 15 is 0 Å². The van der Waals surface area contributed by atoms with Crippen LogP contribution in [0.25, 0.3) is 0 Å². The molecule has 0 saturated carbocycles. The maximum absolute atomic E-state index is 12.9. The number of halogens is 1. The smallest absolute Gasteiger partial charge is 0.231 e. The summed E-state index contributed by atoms with van der Waals surface area (Å²) >= 11 is 0. The second-order valence-corrected chi connectivity index (χ2v) is 5.75. The Morgan fingerprint density at radius 3 is 2.80 bits per heavy atom. The number of nitrogens with zero attached hydrogens (tertiary/aromatic N) is 1. The van der Waals surface area contributed by atoms with E-state index in [0.29, 0.717) is 13.2 Å². The number of rotatable bonds is 3. The fourth-order valence-electron chi connectivity index (χ4n) is 3.12. The number of carbonyl (C=O) groups excluding carboxylic acids is 1. The Hall–Kier alpha value is -0.360. The van der Waals surface area contributed by atoms with Crippen LogP contribution in [0.4, 0.5) is 0 Å². The molecule has 118 valence electrons. The second kappa shape index (κ2) is 8.17. The van der Waals surface area contributed by atoms with Crippen LogP contribution in [0.5, 0.6) is 0 Å². The molecule has 2 saturated heterocycles. The van der Waals surface area contributed by atoms with Crippen LogP contribution in [0.15, 0.2) is 0 Å². The summed E-state index contributed by atoms with van der Waals surface area (Å²) in [7, 11) is 1.69. The van der Waals surface area contributed by atoms with E-state index < -0.39 is 0 Å². The van der Waals surface area contributed by atoms with Gasteiger partial charge in [0.2, 0.25) is 5.91 Å². The molecule has 0 aromatic carbocycles. The summed E-state index contributed by atoms with van der Waals surface area (Å²) in [5.41, 5.74) is -0.329. The highest BCUT2D eigenvalue weighted by molar-refractivity contribution is 5.85. The van der Waals surface area contributed by atoms with Gasteiger partial charge in [-0.25, -0.2) is 0 Å². The highest BCUT2D eigenvalue weighted by atomic mass is 35.5. The third kappa shape index (κ3) is 4.07. The summed E-state index contributed by atoms with van der Waals surface area (Å²) < 4.78 is 11.0. The topological polar surface area (TPSA) is 50.8 Å². The zero-order chi connectivity index (χ0) is 13.7. The normalized spacial score (nSPS) is 26.5. The lowest BCUT2D eigenvalue weighted by molar-refractivity contribution is -0.148. The zero-order valence-corrected chi connectivity index (χ0v) is 13.3. The molecular weight excluding hydrogens is 280 g/mol. The molecule has 6 heteroatoms. The van der Waals surface area contributed by atoms with Gasteiger partial charge in [-0.1, -0.05) is 0 Å². The van der Waals surface area contributed by atoms with Gasteiger partial charge in [0.1, 0.15) is 0 Å². The van der Waals surface area contributed by atoms with Crippen LogP contribution in [-0.2, 0) is 14.3 Å². The lowest BCUT2D eigenvalue weighted by Crippen LogP contribution is -2.52. The molecule has 1 N–H and O–H groups in total. The molecular formula is C14H27ClN2O3. The predicted molar refractivity (Wildman–Crippen MR) is 80.3 cm³/mol. The lowest BCUT2D eigenvalue weighted by Gasteiger charge is -2.39. The van der Waals surface area contributed by atoms with Gasteiger partial charge in [-0.05, 0) is 39.3 Å². The first-order chi connectivity index (χ1) is 9.18. The second-order valence-electron chi connectivity index (χ2n) is 5.75. The van der Waals surface area contributed by atoms with Crippen molar-refractivity contribution in [1.82, 2.24) is 10.2 Å². The van der Waals surface area contributed by atoms with Crippen LogP contribution in [0, 0.1) is 5.41 Å². The minimum Gasteiger partial charge on any atom is -0.384 e. The van der Waals surface area contributed by atoms with Gasteiger partial charge in [-0.3, -0.25) is 4.79 Å². The van der Waals surface area contributed by atoms with Gasteiger partial charge in [0.25, 0.3) is 0 Å². The number of methoxy groups -OCH3 is 1. The van der Waals surface area contributed by atoms with E-state index in [1.807, 2.05) is 11.8 Å². The first-order valence-electron chi connectivity index (χ1n) is 7.28. The Bertz CT molecular complexity index is 303. The number of hydrogen-bond acceptors (Lipinski definition) is 4. The number of nitrogens with one attached hydrogen (secondary N) is 1. The van der Waals surface area contributed by atoms with Crippen LogP contribution in [0.1, 0.15) is 26.2 Å². The summed E-state index contributed by atoms with van der Waals surface area (Å²) in [4.78, 5) is 14.9. The molecule has 2 fully saturated rings. The number of carbonyl (C=O) groups is 1. The Labute approximate surface area is 127 Å². The van der Waals surface area contributed by atoms with Crippen LogP contribution in [0.2, 0.25) is 0 Å². The van der Waals surface area contributed by atoms with Gasteiger partial charge in [0.05, 0.1) is 18.1 Å². The Morgan fingerprint density at radius 1 is 1.45 bits per heavy atom. The average Bonchev–Trinajstić information content (AvgIpc) is 2.64. The van der Waals surface area contributed by atoms with Crippen molar-refractivity contribution in [3.05, 3.63) is 0 Å². The molecule has 2 rings (SSSR count). The summed E-state index contributed by atoms with van der Waals surface area (Å²) in [6, 6.07) is 0. The molecule has 1 atom stereocenters. The van der Waals surface area contributed by atoms with E-state index in [-0.39, 0.29) is 29.8 Å². The number of ether oxygens (including phenoxy) is 2. The standard InChI is InChI=1S/C14H26N2O3.ClH/c1-12-10-16(8-3-9-19-12)13(17)14(11-18-2)4-6-15-7-5-14;/h12,15H,3-11H2,1-2H3;1H. The molecule has 1 amide bonds. The van der Waals surface area contributed by atoms with Crippen molar-refractivity contribution in [3.8, 4) is 0 Å². The molecule has 0 aromatic heterocycles. The third-order valence-electron chi connectivity index (χ3n) is 4.17. The van der Waals surface area contributed by atoms with Crippen LogP contribution < -0.4 is 5.32 Å². The van der Waals surface area contributed by atoms with Gasteiger partial charge in [-0.2, -0.15) is 0 Å². The Morgan fingerprint density at radius 2 is 2.15 bits per heavy atom. The van der Waals surface area contributed by atoms with Gasteiger partial charge < -0.3 is 19.7 Å². The van der Waals surface area contributed by atoms with E-state index in [4.69, 9.17) is 9.47 Å². The highest BCUT2D eigenvalue weighted by Crippen LogP contribution is 2.32.